The predicted octanol–water partition coefficient (Wildman–Crippen LogP) is 3.42. The van der Waals surface area contributed by atoms with E-state index in [9.17, 15) is 0 Å². The summed E-state index contributed by atoms with van der Waals surface area (Å²) in [6.45, 7) is 4.83. The highest BCUT2D eigenvalue weighted by Gasteiger charge is 2.12. The van der Waals surface area contributed by atoms with E-state index in [4.69, 9.17) is 16.0 Å². The van der Waals surface area contributed by atoms with Crippen LogP contribution < -0.4 is 5.32 Å². The Kier molecular flexibility index (Phi) is 2.72. The van der Waals surface area contributed by atoms with Crippen LogP contribution >= 0.6 is 11.6 Å². The number of aryl methyl sites for hydroxylation is 2. The fourth-order valence-corrected chi connectivity index (χ4v) is 2.10. The molecule has 0 saturated carbocycles. The van der Waals surface area contributed by atoms with E-state index in [1.807, 2.05) is 20.0 Å². The summed E-state index contributed by atoms with van der Waals surface area (Å²) in [4.78, 5) is 0. The van der Waals surface area contributed by atoms with Crippen LogP contribution in [0.1, 0.15) is 16.9 Å². The molecule has 0 saturated heterocycles. The first-order valence-electron chi connectivity index (χ1n) is 4.96. The maximum atomic E-state index is 6.13. The molecule has 15 heavy (non-hydrogen) atoms. The Bertz CT molecular complexity index is 502. The molecule has 0 spiro atoms. The van der Waals surface area contributed by atoms with Gasteiger partial charge >= 0.3 is 0 Å². The van der Waals surface area contributed by atoms with Gasteiger partial charge in [0, 0.05) is 5.39 Å². The molecule has 0 aliphatic rings. The van der Waals surface area contributed by atoms with Gasteiger partial charge < -0.3 is 9.73 Å². The van der Waals surface area contributed by atoms with Crippen LogP contribution in [-0.2, 0) is 6.54 Å². The van der Waals surface area contributed by atoms with Crippen LogP contribution in [-0.4, -0.2) is 7.05 Å². The van der Waals surface area contributed by atoms with Crippen LogP contribution in [0.25, 0.3) is 11.0 Å². The number of benzene rings is 1. The fraction of sp³-hybridized carbons (Fsp3) is 0.333. The van der Waals surface area contributed by atoms with Gasteiger partial charge in [0.05, 0.1) is 11.6 Å². The molecule has 0 bridgehead atoms. The predicted molar refractivity (Wildman–Crippen MR) is 63.5 cm³/mol. The molecule has 2 rings (SSSR count). The van der Waals surface area contributed by atoms with E-state index in [1.54, 1.807) is 0 Å². The molecule has 0 aliphatic carbocycles. The highest BCUT2D eigenvalue weighted by molar-refractivity contribution is 6.35. The first kappa shape index (κ1) is 10.5. The van der Waals surface area contributed by atoms with Gasteiger partial charge in [0.15, 0.2) is 5.58 Å². The second kappa shape index (κ2) is 3.87. The van der Waals surface area contributed by atoms with Gasteiger partial charge in [0.1, 0.15) is 5.76 Å². The normalized spacial score (nSPS) is 11.2. The van der Waals surface area contributed by atoms with Crippen molar-refractivity contribution in [1.82, 2.24) is 5.32 Å². The second-order valence-electron chi connectivity index (χ2n) is 3.80. The lowest BCUT2D eigenvalue weighted by Gasteiger charge is -1.95. The van der Waals surface area contributed by atoms with Crippen molar-refractivity contribution in [3.05, 3.63) is 34.0 Å². The van der Waals surface area contributed by atoms with Crippen LogP contribution in [0.5, 0.6) is 0 Å². The van der Waals surface area contributed by atoms with Gasteiger partial charge in [0.2, 0.25) is 0 Å². The van der Waals surface area contributed by atoms with Gasteiger partial charge in [-0.2, -0.15) is 0 Å². The lowest BCUT2D eigenvalue weighted by molar-refractivity contribution is 0.527. The third-order valence-electron chi connectivity index (χ3n) is 2.57. The van der Waals surface area contributed by atoms with Crippen LogP contribution in [0, 0.1) is 13.8 Å². The van der Waals surface area contributed by atoms with Crippen molar-refractivity contribution >= 4 is 22.6 Å². The minimum absolute atomic E-state index is 0.690. The zero-order valence-electron chi connectivity index (χ0n) is 9.15. The topological polar surface area (TPSA) is 25.2 Å². The number of fused-ring (bicyclic) bond motifs is 1. The Morgan fingerprint density at radius 1 is 1.33 bits per heavy atom. The van der Waals surface area contributed by atoms with Crippen LogP contribution in [0.15, 0.2) is 16.5 Å². The molecule has 2 aromatic rings. The summed E-state index contributed by atoms with van der Waals surface area (Å²) in [5.74, 6) is 0.958. The fourth-order valence-electron chi connectivity index (χ4n) is 1.79. The largest absolute Gasteiger partial charge is 0.458 e. The van der Waals surface area contributed by atoms with E-state index in [0.717, 1.165) is 28.8 Å². The first-order chi connectivity index (χ1) is 7.13. The van der Waals surface area contributed by atoms with E-state index in [1.165, 1.54) is 5.56 Å². The molecule has 3 heteroatoms. The van der Waals surface area contributed by atoms with Gasteiger partial charge in [0.25, 0.3) is 0 Å². The van der Waals surface area contributed by atoms with Gasteiger partial charge in [-0.05, 0) is 44.2 Å². The van der Waals surface area contributed by atoms with Crippen molar-refractivity contribution in [2.45, 2.75) is 20.4 Å². The minimum atomic E-state index is 0.690. The van der Waals surface area contributed by atoms with Gasteiger partial charge in [-0.3, -0.25) is 0 Å². The smallest absolute Gasteiger partial charge is 0.153 e. The molecule has 0 radical (unpaired) electrons. The summed E-state index contributed by atoms with van der Waals surface area (Å²) in [5, 5.41) is 4.89. The number of rotatable bonds is 2. The Balaban J connectivity index is 2.70. The molecule has 80 valence electrons. The number of nitrogens with one attached hydrogen (secondary N) is 1. The van der Waals surface area contributed by atoms with Crippen molar-refractivity contribution in [2.24, 2.45) is 0 Å². The van der Waals surface area contributed by atoms with Crippen molar-refractivity contribution in [3.63, 3.8) is 0 Å². The molecule has 0 amide bonds. The summed E-state index contributed by atoms with van der Waals surface area (Å²) in [6.07, 6.45) is 0. The van der Waals surface area contributed by atoms with Crippen molar-refractivity contribution in [2.75, 3.05) is 7.05 Å². The SMILES string of the molecule is CNCc1oc2c(Cl)cc(C)cc2c1C. The Hall–Kier alpha value is -0.990. The molecule has 1 aromatic heterocycles. The number of hydrogen-bond donors (Lipinski definition) is 1. The van der Waals surface area contributed by atoms with E-state index in [0.29, 0.717) is 5.02 Å². The quantitative estimate of drug-likeness (QED) is 0.844. The Morgan fingerprint density at radius 3 is 2.73 bits per heavy atom. The van der Waals surface area contributed by atoms with Crippen LogP contribution in [0.2, 0.25) is 5.02 Å². The molecule has 0 fully saturated rings. The standard InChI is InChI=1S/C12H14ClNO/c1-7-4-9-8(2)11(6-14-3)15-12(9)10(13)5-7/h4-5,14H,6H2,1-3H3. The zero-order chi connectivity index (χ0) is 11.0. The number of halogens is 1. The average molecular weight is 224 g/mol. The maximum Gasteiger partial charge on any atom is 0.153 e. The third kappa shape index (κ3) is 1.75. The molecule has 0 aliphatic heterocycles. The summed E-state index contributed by atoms with van der Waals surface area (Å²) >= 11 is 6.13. The lowest BCUT2D eigenvalue weighted by Crippen LogP contribution is -2.04. The van der Waals surface area contributed by atoms with E-state index in [2.05, 4.69) is 18.3 Å². The lowest BCUT2D eigenvalue weighted by atomic mass is 10.1. The summed E-state index contributed by atoms with van der Waals surface area (Å²) in [7, 11) is 1.90. The van der Waals surface area contributed by atoms with E-state index in [-0.39, 0.29) is 0 Å². The molecule has 0 atom stereocenters. The number of furan rings is 1. The molecular weight excluding hydrogens is 210 g/mol. The molecule has 1 N–H and O–H groups in total. The highest BCUT2D eigenvalue weighted by atomic mass is 35.5. The highest BCUT2D eigenvalue weighted by Crippen LogP contribution is 2.31. The summed E-state index contributed by atoms with van der Waals surface area (Å²) in [5.41, 5.74) is 3.13. The van der Waals surface area contributed by atoms with Gasteiger partial charge in [-0.15, -0.1) is 0 Å². The zero-order valence-corrected chi connectivity index (χ0v) is 9.90. The van der Waals surface area contributed by atoms with Crippen molar-refractivity contribution in [3.8, 4) is 0 Å². The molecular formula is C12H14ClNO. The van der Waals surface area contributed by atoms with Crippen molar-refractivity contribution < 1.29 is 4.42 Å². The number of hydrogen-bond acceptors (Lipinski definition) is 2. The third-order valence-corrected chi connectivity index (χ3v) is 2.85. The van der Waals surface area contributed by atoms with Gasteiger partial charge in [-0.25, -0.2) is 0 Å². The maximum absolute atomic E-state index is 6.13. The molecule has 2 nitrogen and oxygen atoms in total. The Labute approximate surface area is 94.2 Å². The molecule has 1 heterocycles. The van der Waals surface area contributed by atoms with E-state index < -0.39 is 0 Å². The van der Waals surface area contributed by atoms with E-state index >= 15 is 0 Å². The van der Waals surface area contributed by atoms with Gasteiger partial charge in [-0.1, -0.05) is 11.6 Å². The average Bonchev–Trinajstić information content (AvgIpc) is 2.47. The monoisotopic (exact) mass is 223 g/mol. The first-order valence-corrected chi connectivity index (χ1v) is 5.34. The molecule has 1 aromatic carbocycles. The Morgan fingerprint density at radius 2 is 2.07 bits per heavy atom. The van der Waals surface area contributed by atoms with Crippen LogP contribution in [0.4, 0.5) is 0 Å². The summed E-state index contributed by atoms with van der Waals surface area (Å²) in [6, 6.07) is 4.04. The molecule has 0 unspecified atom stereocenters. The minimum Gasteiger partial charge on any atom is -0.458 e. The van der Waals surface area contributed by atoms with Crippen LogP contribution in [0.3, 0.4) is 0 Å². The summed E-state index contributed by atoms with van der Waals surface area (Å²) < 4.78 is 5.73. The second-order valence-corrected chi connectivity index (χ2v) is 4.21. The van der Waals surface area contributed by atoms with Crippen molar-refractivity contribution in [1.29, 1.82) is 0 Å².